The first-order chi connectivity index (χ1) is 8.88. The van der Waals surface area contributed by atoms with Crippen molar-refractivity contribution in [1.29, 1.82) is 0 Å². The van der Waals surface area contributed by atoms with Crippen molar-refractivity contribution in [1.82, 2.24) is 5.32 Å². The molecule has 0 saturated heterocycles. The summed E-state index contributed by atoms with van der Waals surface area (Å²) in [4.78, 5) is 0. The Kier molecular flexibility index (Phi) is 3.69. The molecule has 2 aliphatic rings. The summed E-state index contributed by atoms with van der Waals surface area (Å²) in [7, 11) is 2.16. The van der Waals surface area contributed by atoms with Crippen molar-refractivity contribution < 1.29 is 0 Å². The molecular weight excluding hydrogens is 218 g/mol. The zero-order valence-electron chi connectivity index (χ0n) is 11.5. The molecule has 1 N–H and O–H groups in total. The van der Waals surface area contributed by atoms with Crippen LogP contribution in [0.25, 0.3) is 0 Å². The molecule has 0 aliphatic heterocycles. The van der Waals surface area contributed by atoms with E-state index in [0.29, 0.717) is 0 Å². The Hall–Kier alpha value is -0.820. The second-order valence-electron chi connectivity index (χ2n) is 6.13. The largest absolute Gasteiger partial charge is 0.317 e. The highest BCUT2D eigenvalue weighted by Gasteiger charge is 2.31. The summed E-state index contributed by atoms with van der Waals surface area (Å²) in [6, 6.07) is 9.73. The van der Waals surface area contributed by atoms with Gasteiger partial charge in [0.15, 0.2) is 0 Å². The Morgan fingerprint density at radius 2 is 1.94 bits per heavy atom. The third-order valence-corrected chi connectivity index (χ3v) is 5.09. The second-order valence-corrected chi connectivity index (χ2v) is 6.13. The van der Waals surface area contributed by atoms with Gasteiger partial charge in [0.05, 0.1) is 0 Å². The normalized spacial score (nSPS) is 25.3. The van der Waals surface area contributed by atoms with Crippen LogP contribution in [0.5, 0.6) is 0 Å². The maximum Gasteiger partial charge on any atom is 0.00982 e. The molecule has 3 rings (SSSR count). The number of nitrogens with one attached hydrogen (secondary N) is 1. The number of benzene rings is 1. The van der Waals surface area contributed by atoms with Crippen LogP contribution < -0.4 is 5.32 Å². The van der Waals surface area contributed by atoms with E-state index in [9.17, 15) is 0 Å². The third kappa shape index (κ3) is 2.33. The summed E-state index contributed by atoms with van der Waals surface area (Å²) in [5, 5.41) is 3.60. The van der Waals surface area contributed by atoms with E-state index in [1.165, 1.54) is 44.9 Å². The van der Waals surface area contributed by atoms with Crippen molar-refractivity contribution in [2.45, 2.75) is 56.9 Å². The molecule has 1 aromatic rings. The molecule has 0 aromatic heterocycles. The van der Waals surface area contributed by atoms with E-state index in [2.05, 4.69) is 36.6 Å². The first kappa shape index (κ1) is 12.2. The molecule has 1 saturated carbocycles. The topological polar surface area (TPSA) is 12.0 Å². The average Bonchev–Trinajstić information content (AvgIpc) is 2.41. The minimum absolute atomic E-state index is 0.739. The van der Waals surface area contributed by atoms with Gasteiger partial charge in [0.2, 0.25) is 0 Å². The van der Waals surface area contributed by atoms with Crippen LogP contribution in [-0.2, 0) is 6.42 Å². The van der Waals surface area contributed by atoms with Gasteiger partial charge in [-0.05, 0) is 55.7 Å². The average molecular weight is 243 g/mol. The molecule has 2 unspecified atom stereocenters. The van der Waals surface area contributed by atoms with Gasteiger partial charge in [-0.1, -0.05) is 43.5 Å². The summed E-state index contributed by atoms with van der Waals surface area (Å²) in [5.74, 6) is 1.75. The molecule has 0 bridgehead atoms. The van der Waals surface area contributed by atoms with Gasteiger partial charge in [-0.15, -0.1) is 0 Å². The highest BCUT2D eigenvalue weighted by molar-refractivity contribution is 5.39. The van der Waals surface area contributed by atoms with Crippen LogP contribution in [-0.4, -0.2) is 13.1 Å². The van der Waals surface area contributed by atoms with Crippen molar-refractivity contribution in [2.75, 3.05) is 7.05 Å². The smallest absolute Gasteiger partial charge is 0.00982 e. The van der Waals surface area contributed by atoms with Gasteiger partial charge in [0.25, 0.3) is 0 Å². The van der Waals surface area contributed by atoms with Crippen LogP contribution in [0.3, 0.4) is 0 Å². The highest BCUT2D eigenvalue weighted by atomic mass is 14.9. The van der Waals surface area contributed by atoms with E-state index in [0.717, 1.165) is 17.9 Å². The summed E-state index contributed by atoms with van der Waals surface area (Å²) in [6.45, 7) is 0. The first-order valence-electron chi connectivity index (χ1n) is 7.63. The first-order valence-corrected chi connectivity index (χ1v) is 7.63. The molecule has 0 amide bonds. The van der Waals surface area contributed by atoms with Gasteiger partial charge in [-0.2, -0.15) is 0 Å². The summed E-state index contributed by atoms with van der Waals surface area (Å²) >= 11 is 0. The Labute approximate surface area is 111 Å². The van der Waals surface area contributed by atoms with Crippen molar-refractivity contribution in [3.05, 3.63) is 35.4 Å². The minimum Gasteiger partial charge on any atom is -0.317 e. The van der Waals surface area contributed by atoms with E-state index >= 15 is 0 Å². The lowest BCUT2D eigenvalue weighted by atomic mass is 9.71. The monoisotopic (exact) mass is 243 g/mol. The fourth-order valence-electron chi connectivity index (χ4n) is 3.96. The van der Waals surface area contributed by atoms with Crippen molar-refractivity contribution >= 4 is 0 Å². The molecule has 0 heterocycles. The Balaban J connectivity index is 1.61. The lowest BCUT2D eigenvalue weighted by Crippen LogP contribution is -2.37. The fraction of sp³-hybridized carbons (Fsp3) is 0.647. The SMILES string of the molecule is CNC(CC1Cc2ccccc21)C1CCCCC1. The predicted octanol–water partition coefficient (Wildman–Crippen LogP) is 3.88. The van der Waals surface area contributed by atoms with Gasteiger partial charge < -0.3 is 5.32 Å². The van der Waals surface area contributed by atoms with Crippen LogP contribution in [0.4, 0.5) is 0 Å². The lowest BCUT2D eigenvalue weighted by molar-refractivity contribution is 0.253. The molecule has 0 radical (unpaired) electrons. The van der Waals surface area contributed by atoms with Crippen LogP contribution in [0.15, 0.2) is 24.3 Å². The second kappa shape index (κ2) is 5.44. The molecule has 1 fully saturated rings. The van der Waals surface area contributed by atoms with Gasteiger partial charge >= 0.3 is 0 Å². The van der Waals surface area contributed by atoms with E-state index in [1.807, 2.05) is 0 Å². The highest BCUT2D eigenvalue weighted by Crippen LogP contribution is 2.40. The van der Waals surface area contributed by atoms with Gasteiger partial charge in [0, 0.05) is 6.04 Å². The van der Waals surface area contributed by atoms with E-state index < -0.39 is 0 Å². The van der Waals surface area contributed by atoms with Gasteiger partial charge in [0.1, 0.15) is 0 Å². The van der Waals surface area contributed by atoms with E-state index in [4.69, 9.17) is 0 Å². The Bertz CT molecular complexity index is 392. The number of hydrogen-bond donors (Lipinski definition) is 1. The molecule has 18 heavy (non-hydrogen) atoms. The summed E-state index contributed by atoms with van der Waals surface area (Å²) in [5.41, 5.74) is 3.20. The molecule has 98 valence electrons. The van der Waals surface area contributed by atoms with E-state index in [-0.39, 0.29) is 0 Å². The maximum atomic E-state index is 3.60. The summed E-state index contributed by atoms with van der Waals surface area (Å²) in [6.07, 6.45) is 9.90. The molecule has 2 aliphatic carbocycles. The van der Waals surface area contributed by atoms with Crippen molar-refractivity contribution in [3.63, 3.8) is 0 Å². The Morgan fingerprint density at radius 3 is 2.67 bits per heavy atom. The summed E-state index contributed by atoms with van der Waals surface area (Å²) < 4.78 is 0. The molecule has 1 heteroatoms. The zero-order chi connectivity index (χ0) is 12.4. The molecule has 0 spiro atoms. The standard InChI is InChI=1S/C17H25N/c1-18-17(13-7-3-2-4-8-13)12-15-11-14-9-5-6-10-16(14)15/h5-6,9-10,13,15,17-18H,2-4,7-8,11-12H2,1H3. The molecule has 2 atom stereocenters. The van der Waals surface area contributed by atoms with Crippen molar-refractivity contribution in [2.24, 2.45) is 5.92 Å². The number of rotatable bonds is 4. The molecular formula is C17H25N. The number of hydrogen-bond acceptors (Lipinski definition) is 1. The van der Waals surface area contributed by atoms with Crippen LogP contribution in [0.2, 0.25) is 0 Å². The third-order valence-electron chi connectivity index (χ3n) is 5.09. The predicted molar refractivity (Wildman–Crippen MR) is 76.9 cm³/mol. The van der Waals surface area contributed by atoms with E-state index in [1.54, 1.807) is 11.1 Å². The Morgan fingerprint density at radius 1 is 1.17 bits per heavy atom. The fourth-order valence-corrected chi connectivity index (χ4v) is 3.96. The van der Waals surface area contributed by atoms with Crippen LogP contribution in [0.1, 0.15) is 55.6 Å². The maximum absolute atomic E-state index is 3.60. The minimum atomic E-state index is 0.739. The van der Waals surface area contributed by atoms with Gasteiger partial charge in [-0.25, -0.2) is 0 Å². The number of fused-ring (bicyclic) bond motifs is 1. The van der Waals surface area contributed by atoms with Crippen molar-refractivity contribution in [3.8, 4) is 0 Å². The van der Waals surface area contributed by atoms with Crippen LogP contribution >= 0.6 is 0 Å². The zero-order valence-corrected chi connectivity index (χ0v) is 11.5. The van der Waals surface area contributed by atoms with Crippen LogP contribution in [0, 0.1) is 5.92 Å². The molecule has 1 aromatic carbocycles. The quantitative estimate of drug-likeness (QED) is 0.846. The van der Waals surface area contributed by atoms with Gasteiger partial charge in [-0.3, -0.25) is 0 Å². The lowest BCUT2D eigenvalue weighted by Gasteiger charge is -2.37. The molecule has 1 nitrogen and oxygen atoms in total.